The Bertz CT molecular complexity index is 1140. The van der Waals surface area contributed by atoms with Gasteiger partial charge in [-0.3, -0.25) is 20.0 Å². The van der Waals surface area contributed by atoms with Gasteiger partial charge in [0.2, 0.25) is 0 Å². The fourth-order valence-electron chi connectivity index (χ4n) is 2.91. The topological polar surface area (TPSA) is 149 Å². The predicted octanol–water partition coefficient (Wildman–Crippen LogP) is 0.870. The maximum absolute atomic E-state index is 13.1. The number of hydrogen-bond donors (Lipinski definition) is 4. The highest BCUT2D eigenvalue weighted by Crippen LogP contribution is 2.32. The molecule has 0 radical (unpaired) electrons. The van der Waals surface area contributed by atoms with Crippen LogP contribution in [0, 0.1) is 0 Å². The summed E-state index contributed by atoms with van der Waals surface area (Å²) in [7, 11) is -3.89. The average molecular weight is 430 g/mol. The third kappa shape index (κ3) is 4.54. The molecule has 10 nitrogen and oxygen atoms in total. The second kappa shape index (κ2) is 8.86. The van der Waals surface area contributed by atoms with E-state index in [1.165, 1.54) is 45.7 Å². The highest BCUT2D eigenvalue weighted by atomic mass is 32.2. The van der Waals surface area contributed by atoms with Gasteiger partial charge in [-0.25, -0.2) is 28.7 Å². The third-order valence-corrected chi connectivity index (χ3v) is 6.09. The molecule has 1 aromatic carbocycles. The number of hydroxylamine groups is 2. The van der Waals surface area contributed by atoms with Crippen molar-refractivity contribution in [3.8, 4) is 0 Å². The third-order valence-electron chi connectivity index (χ3n) is 4.31. The van der Waals surface area contributed by atoms with Crippen molar-refractivity contribution in [3.05, 3.63) is 65.4 Å². The molecule has 1 aromatic heterocycles. The van der Waals surface area contributed by atoms with Gasteiger partial charge in [0.05, 0.1) is 4.90 Å². The molecule has 1 aliphatic heterocycles. The number of sulfonamides is 1. The summed E-state index contributed by atoms with van der Waals surface area (Å²) < 4.78 is 27.5. The summed E-state index contributed by atoms with van der Waals surface area (Å²) in [5.41, 5.74) is 4.71. The van der Waals surface area contributed by atoms with E-state index in [1.807, 2.05) is 0 Å². The molecule has 2 amide bonds. The molecule has 30 heavy (non-hydrogen) atoms. The molecule has 0 bridgehead atoms. The van der Waals surface area contributed by atoms with Gasteiger partial charge in [-0.1, -0.05) is 12.1 Å². The molecule has 0 spiro atoms. The fraction of sp³-hybridized carbons (Fsp3) is 0.105. The molecule has 0 aliphatic carbocycles. The minimum atomic E-state index is -3.89. The van der Waals surface area contributed by atoms with Crippen LogP contribution in [0.2, 0.25) is 0 Å². The normalized spacial score (nSPS) is 13.6. The molecular formula is C19H18N4O6S. The quantitative estimate of drug-likeness (QED) is 0.302. The molecule has 4 N–H and O–H groups in total. The molecule has 1 aliphatic rings. The van der Waals surface area contributed by atoms with Crippen LogP contribution >= 0.6 is 0 Å². The molecule has 0 saturated carbocycles. The highest BCUT2D eigenvalue weighted by Gasteiger charge is 2.32. The van der Waals surface area contributed by atoms with Crippen LogP contribution in [0.1, 0.15) is 16.7 Å². The summed E-state index contributed by atoms with van der Waals surface area (Å²) in [6, 6.07) is 7.76. The van der Waals surface area contributed by atoms with Crippen LogP contribution in [-0.2, 0) is 26.0 Å². The van der Waals surface area contributed by atoms with E-state index in [4.69, 9.17) is 10.4 Å². The van der Waals surface area contributed by atoms with E-state index in [9.17, 15) is 18.0 Å². The number of fused-ring (bicyclic) bond motifs is 1. The molecular weight excluding hydrogens is 412 g/mol. The zero-order valence-electron chi connectivity index (χ0n) is 15.5. The van der Waals surface area contributed by atoms with Crippen LogP contribution in [0.15, 0.2) is 53.6 Å². The SMILES string of the molecule is O=C(/C=C/c1cccc(S(=O)(=O)N2CCc3cc(/C=C/C(=O)NO)cnc32)c1)NO. The summed E-state index contributed by atoms with van der Waals surface area (Å²) in [6.07, 6.45) is 6.91. The van der Waals surface area contributed by atoms with Crippen molar-refractivity contribution in [2.75, 3.05) is 10.8 Å². The predicted molar refractivity (Wildman–Crippen MR) is 107 cm³/mol. The van der Waals surface area contributed by atoms with Gasteiger partial charge in [-0.15, -0.1) is 0 Å². The van der Waals surface area contributed by atoms with Crippen molar-refractivity contribution < 1.29 is 28.4 Å². The van der Waals surface area contributed by atoms with Crippen LogP contribution in [0.25, 0.3) is 12.2 Å². The Morgan fingerprint density at radius 1 is 1.03 bits per heavy atom. The lowest BCUT2D eigenvalue weighted by Gasteiger charge is -2.18. The summed E-state index contributed by atoms with van der Waals surface area (Å²) in [6.45, 7) is 0.210. The monoisotopic (exact) mass is 430 g/mol. The Balaban J connectivity index is 1.87. The average Bonchev–Trinajstić information content (AvgIpc) is 3.20. The van der Waals surface area contributed by atoms with Crippen LogP contribution < -0.4 is 15.3 Å². The van der Waals surface area contributed by atoms with Crippen molar-refractivity contribution in [2.45, 2.75) is 11.3 Å². The first-order valence-electron chi connectivity index (χ1n) is 8.71. The van der Waals surface area contributed by atoms with Crippen LogP contribution in [0.5, 0.6) is 0 Å². The number of benzene rings is 1. The molecule has 3 rings (SSSR count). The Labute approximate surface area is 172 Å². The van der Waals surface area contributed by atoms with Gasteiger partial charge in [0, 0.05) is 24.9 Å². The number of carbonyl (C=O) groups is 2. The van der Waals surface area contributed by atoms with Crippen LogP contribution in [0.4, 0.5) is 5.82 Å². The zero-order valence-corrected chi connectivity index (χ0v) is 16.3. The first-order valence-corrected chi connectivity index (χ1v) is 10.1. The number of carbonyl (C=O) groups excluding carboxylic acids is 2. The van der Waals surface area contributed by atoms with Gasteiger partial charge < -0.3 is 0 Å². The van der Waals surface area contributed by atoms with E-state index in [0.717, 1.165) is 12.2 Å². The van der Waals surface area contributed by atoms with Crippen LogP contribution in [0.3, 0.4) is 0 Å². The molecule has 2 aromatic rings. The Kier molecular flexibility index (Phi) is 6.26. The lowest BCUT2D eigenvalue weighted by Crippen LogP contribution is -2.29. The summed E-state index contributed by atoms with van der Waals surface area (Å²) in [4.78, 5) is 26.5. The first-order chi connectivity index (χ1) is 14.3. The molecule has 0 atom stereocenters. The van der Waals surface area contributed by atoms with E-state index < -0.39 is 21.8 Å². The van der Waals surface area contributed by atoms with Crippen LogP contribution in [-0.4, -0.2) is 42.2 Å². The molecule has 156 valence electrons. The summed E-state index contributed by atoms with van der Waals surface area (Å²) in [5.74, 6) is -1.12. The van der Waals surface area contributed by atoms with Crippen molar-refractivity contribution >= 4 is 39.8 Å². The highest BCUT2D eigenvalue weighted by molar-refractivity contribution is 7.92. The van der Waals surface area contributed by atoms with Gasteiger partial charge in [0.25, 0.3) is 21.8 Å². The zero-order chi connectivity index (χ0) is 21.7. The Hall–Kier alpha value is -3.54. The maximum Gasteiger partial charge on any atom is 0.267 e. The van der Waals surface area contributed by atoms with Gasteiger partial charge in [0.1, 0.15) is 5.82 Å². The molecule has 0 unspecified atom stereocenters. The van der Waals surface area contributed by atoms with Crippen molar-refractivity contribution in [2.24, 2.45) is 0 Å². The number of hydrogen-bond acceptors (Lipinski definition) is 7. The second-order valence-corrected chi connectivity index (χ2v) is 8.13. The summed E-state index contributed by atoms with van der Waals surface area (Å²) >= 11 is 0. The van der Waals surface area contributed by atoms with Crippen molar-refractivity contribution in [1.82, 2.24) is 15.9 Å². The molecule has 0 saturated heterocycles. The number of nitrogens with one attached hydrogen (secondary N) is 2. The minimum absolute atomic E-state index is 0.0345. The largest absolute Gasteiger partial charge is 0.288 e. The van der Waals surface area contributed by atoms with Gasteiger partial charge in [-0.2, -0.15) is 0 Å². The van der Waals surface area contributed by atoms with Gasteiger partial charge in [-0.05, 0) is 53.5 Å². The van der Waals surface area contributed by atoms with E-state index in [0.29, 0.717) is 28.9 Å². The number of pyridine rings is 1. The Morgan fingerprint density at radius 2 is 1.70 bits per heavy atom. The van der Waals surface area contributed by atoms with Crippen molar-refractivity contribution in [3.63, 3.8) is 0 Å². The lowest BCUT2D eigenvalue weighted by molar-refractivity contribution is -0.124. The van der Waals surface area contributed by atoms with Gasteiger partial charge in [0.15, 0.2) is 0 Å². The van der Waals surface area contributed by atoms with E-state index in [2.05, 4.69) is 4.98 Å². The number of rotatable bonds is 6. The van der Waals surface area contributed by atoms with Crippen molar-refractivity contribution in [1.29, 1.82) is 0 Å². The number of nitrogens with zero attached hydrogens (tertiary/aromatic N) is 2. The van der Waals surface area contributed by atoms with E-state index in [-0.39, 0.29) is 11.4 Å². The lowest BCUT2D eigenvalue weighted by atomic mass is 10.1. The minimum Gasteiger partial charge on any atom is -0.288 e. The summed E-state index contributed by atoms with van der Waals surface area (Å²) in [5, 5.41) is 17.0. The maximum atomic E-state index is 13.1. The standard InChI is InChI=1S/C19H18N4O6S/c24-17(21-26)6-4-13-2-1-3-16(11-13)30(28,29)23-9-8-15-10-14(12-20-19(15)23)5-7-18(25)22-27/h1-7,10-12,26-27H,8-9H2,(H,21,24)(H,22,25)/b6-4+,7-5+. The molecule has 2 heterocycles. The smallest absolute Gasteiger partial charge is 0.267 e. The number of anilines is 1. The number of aromatic nitrogens is 1. The second-order valence-electron chi connectivity index (χ2n) is 6.27. The molecule has 11 heteroatoms. The number of amides is 2. The van der Waals surface area contributed by atoms with E-state index >= 15 is 0 Å². The first kappa shape index (κ1) is 21.2. The fourth-order valence-corrected chi connectivity index (χ4v) is 4.42. The van der Waals surface area contributed by atoms with E-state index in [1.54, 1.807) is 18.2 Å². The van der Waals surface area contributed by atoms with Gasteiger partial charge >= 0.3 is 0 Å². The molecule has 0 fully saturated rings. The Morgan fingerprint density at radius 3 is 2.37 bits per heavy atom.